The van der Waals surface area contributed by atoms with Gasteiger partial charge in [0, 0.05) is 4.90 Å². The molecule has 0 radical (unpaired) electrons. The number of hydrogen-bond acceptors (Lipinski definition) is 2. The first kappa shape index (κ1) is 6.43. The Labute approximate surface area is 66.3 Å². The quantitative estimate of drug-likeness (QED) is 0.591. The van der Waals surface area contributed by atoms with Crippen molar-refractivity contribution in [2.75, 3.05) is 5.08 Å². The Hall–Kier alpha value is -0.280. The van der Waals surface area contributed by atoms with Gasteiger partial charge in [-0.25, -0.2) is 0 Å². The Balaban J connectivity index is 2.61. The van der Waals surface area contributed by atoms with Gasteiger partial charge >= 0.3 is 0 Å². The summed E-state index contributed by atoms with van der Waals surface area (Å²) >= 11 is 1.68. The van der Waals surface area contributed by atoms with Gasteiger partial charge in [-0.2, -0.15) is 0 Å². The summed E-state index contributed by atoms with van der Waals surface area (Å²) in [5.41, 5.74) is 0. The van der Waals surface area contributed by atoms with Gasteiger partial charge in [0.25, 0.3) is 0 Å². The van der Waals surface area contributed by atoms with Crippen LogP contribution in [0.15, 0.2) is 34.1 Å². The van der Waals surface area contributed by atoms with Gasteiger partial charge in [-0.1, -0.05) is 12.1 Å². The number of hydrogen-bond donors (Lipinski definition) is 0. The first-order valence-corrected chi connectivity index (χ1v) is 5.28. The Morgan fingerprint density at radius 2 is 2.20 bits per heavy atom. The van der Waals surface area contributed by atoms with E-state index in [9.17, 15) is 4.21 Å². The van der Waals surface area contributed by atoms with Crippen LogP contribution in [0.25, 0.3) is 0 Å². The van der Waals surface area contributed by atoms with Crippen molar-refractivity contribution in [3.63, 3.8) is 0 Å². The Morgan fingerprint density at radius 1 is 1.40 bits per heavy atom. The minimum Gasteiger partial charge on any atom is -0.253 e. The van der Waals surface area contributed by atoms with E-state index in [1.165, 1.54) is 4.90 Å². The molecule has 2 rings (SSSR count). The molecule has 1 aliphatic heterocycles. The zero-order valence-electron chi connectivity index (χ0n) is 5.24. The molecule has 0 bridgehead atoms. The second-order valence-electron chi connectivity index (χ2n) is 2.05. The maximum absolute atomic E-state index is 11.2. The van der Waals surface area contributed by atoms with E-state index in [2.05, 4.69) is 0 Å². The molecule has 0 spiro atoms. The smallest absolute Gasteiger partial charge is 0.0787 e. The molecule has 0 amide bonds. The van der Waals surface area contributed by atoms with Crippen LogP contribution in [0.4, 0.5) is 0 Å². The molecular weight excluding hydrogens is 164 g/mol. The first-order chi connectivity index (χ1) is 4.88. The number of benzene rings is 1. The van der Waals surface area contributed by atoms with Crippen molar-refractivity contribution in [2.45, 2.75) is 9.79 Å². The van der Waals surface area contributed by atoms with E-state index < -0.39 is 10.8 Å². The van der Waals surface area contributed by atoms with Gasteiger partial charge in [0.15, 0.2) is 0 Å². The van der Waals surface area contributed by atoms with E-state index >= 15 is 0 Å². The van der Waals surface area contributed by atoms with Crippen LogP contribution in [0.3, 0.4) is 0 Å². The molecule has 10 heavy (non-hydrogen) atoms. The van der Waals surface area contributed by atoms with Gasteiger partial charge in [-0.05, 0) is 12.1 Å². The molecule has 1 aromatic rings. The van der Waals surface area contributed by atoms with Crippen molar-refractivity contribution in [2.24, 2.45) is 0 Å². The highest BCUT2D eigenvalue weighted by molar-refractivity contribution is 8.12. The average Bonchev–Trinajstić information content (AvgIpc) is 2.34. The van der Waals surface area contributed by atoms with Crippen LogP contribution >= 0.6 is 11.8 Å². The molecule has 0 saturated carbocycles. The highest BCUT2D eigenvalue weighted by Gasteiger charge is 2.16. The summed E-state index contributed by atoms with van der Waals surface area (Å²) in [5.74, 6) is 0. The Bertz CT molecular complexity index is 283. The van der Waals surface area contributed by atoms with Gasteiger partial charge in [0.2, 0.25) is 0 Å². The standard InChI is InChI=1S/C7H6OS2/c8-10-5-9-6-3-1-2-4-7(6)10/h1-4H,5H2/t10-/m1/s1. The van der Waals surface area contributed by atoms with E-state index in [0.29, 0.717) is 0 Å². The molecular formula is C7H6OS2. The fraction of sp³-hybridized carbons (Fsp3) is 0.143. The van der Waals surface area contributed by atoms with Crippen LogP contribution in [0.1, 0.15) is 0 Å². The molecule has 1 atom stereocenters. The third-order valence-corrected chi connectivity index (χ3v) is 4.39. The van der Waals surface area contributed by atoms with Gasteiger partial charge in [-0.15, -0.1) is 11.8 Å². The zero-order chi connectivity index (χ0) is 6.97. The molecule has 1 heterocycles. The molecule has 0 unspecified atom stereocenters. The fourth-order valence-electron chi connectivity index (χ4n) is 0.938. The van der Waals surface area contributed by atoms with Crippen LogP contribution in [0.2, 0.25) is 0 Å². The van der Waals surface area contributed by atoms with E-state index in [4.69, 9.17) is 0 Å². The highest BCUT2D eigenvalue weighted by atomic mass is 32.2. The van der Waals surface area contributed by atoms with Gasteiger partial charge < -0.3 is 0 Å². The van der Waals surface area contributed by atoms with Gasteiger partial charge in [0.1, 0.15) is 0 Å². The lowest BCUT2D eigenvalue weighted by molar-refractivity contribution is 0.686. The Kier molecular flexibility index (Phi) is 1.54. The molecule has 0 fully saturated rings. The second-order valence-corrected chi connectivity index (χ2v) is 4.86. The minimum absolute atomic E-state index is 0.735. The van der Waals surface area contributed by atoms with Gasteiger partial charge in [0.05, 0.1) is 20.8 Å². The van der Waals surface area contributed by atoms with Gasteiger partial charge in [-0.3, -0.25) is 4.21 Å². The summed E-state index contributed by atoms with van der Waals surface area (Å²) in [6.45, 7) is 0. The lowest BCUT2D eigenvalue weighted by atomic mass is 10.4. The van der Waals surface area contributed by atoms with E-state index in [-0.39, 0.29) is 0 Å². The highest BCUT2D eigenvalue weighted by Crippen LogP contribution is 2.33. The number of thioether (sulfide) groups is 1. The predicted octanol–water partition coefficient (Wildman–Crippen LogP) is 1.86. The van der Waals surface area contributed by atoms with E-state index in [1.807, 2.05) is 24.3 Å². The molecule has 3 heteroatoms. The minimum atomic E-state index is -0.735. The third-order valence-electron chi connectivity index (χ3n) is 1.42. The molecule has 52 valence electrons. The summed E-state index contributed by atoms with van der Waals surface area (Å²) < 4.78 is 11.2. The largest absolute Gasteiger partial charge is 0.253 e. The monoisotopic (exact) mass is 170 g/mol. The molecule has 0 aliphatic carbocycles. The predicted molar refractivity (Wildman–Crippen MR) is 43.6 cm³/mol. The summed E-state index contributed by atoms with van der Waals surface area (Å²) in [6.07, 6.45) is 0. The lowest BCUT2D eigenvalue weighted by Gasteiger charge is -1.91. The van der Waals surface area contributed by atoms with Crippen LogP contribution in [0, 0.1) is 0 Å². The SMILES string of the molecule is O=[S@@]1CSc2ccccc21. The summed E-state index contributed by atoms with van der Waals surface area (Å²) in [5, 5.41) is 0.735. The topological polar surface area (TPSA) is 17.1 Å². The van der Waals surface area contributed by atoms with Crippen molar-refractivity contribution in [3.05, 3.63) is 24.3 Å². The molecule has 0 N–H and O–H groups in total. The van der Waals surface area contributed by atoms with Crippen LogP contribution in [0.5, 0.6) is 0 Å². The first-order valence-electron chi connectivity index (χ1n) is 2.98. The summed E-state index contributed by atoms with van der Waals surface area (Å²) in [4.78, 5) is 2.19. The molecule has 1 nitrogen and oxygen atoms in total. The second kappa shape index (κ2) is 2.40. The van der Waals surface area contributed by atoms with Crippen LogP contribution < -0.4 is 0 Å². The lowest BCUT2D eigenvalue weighted by Crippen LogP contribution is -1.84. The molecule has 1 aliphatic rings. The van der Waals surface area contributed by atoms with Crippen molar-refractivity contribution in [1.82, 2.24) is 0 Å². The summed E-state index contributed by atoms with van der Waals surface area (Å²) in [7, 11) is -0.735. The molecule has 1 aromatic carbocycles. The number of rotatable bonds is 0. The van der Waals surface area contributed by atoms with Crippen LogP contribution in [-0.2, 0) is 10.8 Å². The van der Waals surface area contributed by atoms with Crippen molar-refractivity contribution in [3.8, 4) is 0 Å². The molecule has 0 saturated heterocycles. The zero-order valence-corrected chi connectivity index (χ0v) is 6.87. The van der Waals surface area contributed by atoms with Crippen molar-refractivity contribution < 1.29 is 4.21 Å². The average molecular weight is 170 g/mol. The van der Waals surface area contributed by atoms with E-state index in [0.717, 1.165) is 9.98 Å². The fourth-order valence-corrected chi connectivity index (χ4v) is 3.75. The Morgan fingerprint density at radius 3 is 3.00 bits per heavy atom. The number of fused-ring (bicyclic) bond motifs is 1. The van der Waals surface area contributed by atoms with Crippen molar-refractivity contribution >= 4 is 22.6 Å². The normalized spacial score (nSPS) is 22.6. The summed E-state index contributed by atoms with van der Waals surface area (Å²) in [6, 6.07) is 7.87. The van der Waals surface area contributed by atoms with E-state index in [1.54, 1.807) is 11.8 Å². The maximum Gasteiger partial charge on any atom is 0.0787 e. The molecule has 0 aromatic heterocycles. The third kappa shape index (κ3) is 0.896. The van der Waals surface area contributed by atoms with Crippen LogP contribution in [-0.4, -0.2) is 9.29 Å². The maximum atomic E-state index is 11.2. The van der Waals surface area contributed by atoms with Crippen molar-refractivity contribution in [1.29, 1.82) is 0 Å².